The molecule has 1 aliphatic heterocycles. The second-order valence-electron chi connectivity index (χ2n) is 7.78. The minimum absolute atomic E-state index is 0.0414. The van der Waals surface area contributed by atoms with E-state index in [0.29, 0.717) is 11.7 Å². The Morgan fingerprint density at radius 2 is 2.07 bits per heavy atom. The summed E-state index contributed by atoms with van der Waals surface area (Å²) in [7, 11) is 0. The van der Waals surface area contributed by atoms with Gasteiger partial charge in [0.05, 0.1) is 12.4 Å². The summed E-state index contributed by atoms with van der Waals surface area (Å²) in [6, 6.07) is 2.49. The van der Waals surface area contributed by atoms with Gasteiger partial charge in [-0.1, -0.05) is 12.2 Å². The van der Waals surface area contributed by atoms with Crippen LogP contribution in [0.3, 0.4) is 0 Å². The molecule has 2 fully saturated rings. The zero-order chi connectivity index (χ0) is 20.3. The van der Waals surface area contributed by atoms with Crippen LogP contribution in [0.1, 0.15) is 52.1 Å². The molecule has 3 rings (SSSR count). The molecule has 1 saturated heterocycles. The molecular weight excluding hydrogens is 354 g/mol. The highest BCUT2D eigenvalue weighted by molar-refractivity contribution is 5.69. The SMILES string of the molecule is C=C(/C=C(\C)Nc1cnc(C#N)cn1)[C@H]1CC[C@@H](OC(=O)N2[C@H](C)C[C@H]2C)C1. The van der Waals surface area contributed by atoms with Gasteiger partial charge in [-0.3, -0.25) is 0 Å². The van der Waals surface area contributed by atoms with Gasteiger partial charge < -0.3 is 15.0 Å². The summed E-state index contributed by atoms with van der Waals surface area (Å²) in [4.78, 5) is 22.3. The summed E-state index contributed by atoms with van der Waals surface area (Å²) in [5.41, 5.74) is 2.19. The molecule has 0 bridgehead atoms. The lowest BCUT2D eigenvalue weighted by molar-refractivity contribution is 0.000676. The minimum Gasteiger partial charge on any atom is -0.446 e. The van der Waals surface area contributed by atoms with Crippen molar-refractivity contribution in [3.63, 3.8) is 0 Å². The molecule has 7 heteroatoms. The average molecular weight is 381 g/mol. The third-order valence-electron chi connectivity index (χ3n) is 5.51. The lowest BCUT2D eigenvalue weighted by atomic mass is 9.97. The zero-order valence-corrected chi connectivity index (χ0v) is 16.7. The number of allylic oxidation sites excluding steroid dienone is 3. The molecule has 0 spiro atoms. The predicted molar refractivity (Wildman–Crippen MR) is 106 cm³/mol. The molecule has 7 nitrogen and oxygen atoms in total. The van der Waals surface area contributed by atoms with Gasteiger partial charge in [0.15, 0.2) is 5.69 Å². The first-order chi connectivity index (χ1) is 13.4. The largest absolute Gasteiger partial charge is 0.446 e. The second kappa shape index (κ2) is 8.42. The number of hydrogen-bond acceptors (Lipinski definition) is 6. The maximum atomic E-state index is 12.3. The molecule has 1 amide bonds. The number of hydrogen-bond donors (Lipinski definition) is 1. The number of ether oxygens (including phenoxy) is 1. The molecule has 148 valence electrons. The number of carbonyl (C=O) groups excluding carboxylic acids is 1. The van der Waals surface area contributed by atoms with Crippen LogP contribution in [-0.2, 0) is 4.74 Å². The van der Waals surface area contributed by atoms with Gasteiger partial charge in [-0.05, 0) is 58.4 Å². The normalized spacial score (nSPS) is 26.9. The second-order valence-corrected chi connectivity index (χ2v) is 7.78. The summed E-state index contributed by atoms with van der Waals surface area (Å²) in [5, 5.41) is 11.9. The molecular formula is C21H27N5O2. The first-order valence-corrected chi connectivity index (χ1v) is 9.72. The van der Waals surface area contributed by atoms with Gasteiger partial charge in [0.2, 0.25) is 0 Å². The molecule has 28 heavy (non-hydrogen) atoms. The predicted octanol–water partition coefficient (Wildman–Crippen LogP) is 4.01. The van der Waals surface area contributed by atoms with Crippen LogP contribution in [0.4, 0.5) is 10.6 Å². The maximum absolute atomic E-state index is 12.3. The highest BCUT2D eigenvalue weighted by Crippen LogP contribution is 2.35. The van der Waals surface area contributed by atoms with E-state index in [0.717, 1.165) is 37.0 Å². The number of nitriles is 1. The lowest BCUT2D eigenvalue weighted by Crippen LogP contribution is -2.56. The van der Waals surface area contributed by atoms with Crippen LogP contribution >= 0.6 is 0 Å². The van der Waals surface area contributed by atoms with Crippen molar-refractivity contribution in [3.8, 4) is 6.07 Å². The number of aromatic nitrogens is 2. The van der Waals surface area contributed by atoms with E-state index in [4.69, 9.17) is 10.00 Å². The summed E-state index contributed by atoms with van der Waals surface area (Å²) >= 11 is 0. The smallest absolute Gasteiger partial charge is 0.410 e. The van der Waals surface area contributed by atoms with E-state index in [2.05, 4.69) is 35.7 Å². The van der Waals surface area contributed by atoms with Gasteiger partial charge in [0.25, 0.3) is 0 Å². The fourth-order valence-electron chi connectivity index (χ4n) is 4.05. The zero-order valence-electron chi connectivity index (χ0n) is 16.7. The summed E-state index contributed by atoms with van der Waals surface area (Å²) < 4.78 is 5.72. The van der Waals surface area contributed by atoms with Crippen LogP contribution in [0.25, 0.3) is 0 Å². The van der Waals surface area contributed by atoms with Crippen molar-refractivity contribution in [1.82, 2.24) is 14.9 Å². The molecule has 0 radical (unpaired) electrons. The standard InChI is InChI=1S/C21H27N5O2/c1-13(7-14(2)25-20-12-23-18(10-22)11-24-20)17-5-6-19(9-17)28-21(27)26-15(3)8-16(26)4/h7,11-12,15-17,19H,1,5-6,8-9H2,2-4H3,(H,24,25)/b14-7+/t15-,16-,17+,19-/m1/s1. The van der Waals surface area contributed by atoms with Crippen molar-refractivity contribution >= 4 is 11.9 Å². The number of anilines is 1. The highest BCUT2D eigenvalue weighted by Gasteiger charge is 2.39. The number of carbonyl (C=O) groups is 1. The Morgan fingerprint density at radius 1 is 1.32 bits per heavy atom. The van der Waals surface area contributed by atoms with Crippen LogP contribution in [0.15, 0.2) is 36.3 Å². The minimum atomic E-state index is -0.185. The monoisotopic (exact) mass is 381 g/mol. The third-order valence-corrected chi connectivity index (χ3v) is 5.51. The Bertz CT molecular complexity index is 803. The van der Waals surface area contributed by atoms with E-state index in [1.165, 1.54) is 12.4 Å². The topological polar surface area (TPSA) is 91.1 Å². The summed E-state index contributed by atoms with van der Waals surface area (Å²) in [6.07, 6.45) is 8.41. The van der Waals surface area contributed by atoms with Gasteiger partial charge >= 0.3 is 6.09 Å². The van der Waals surface area contributed by atoms with Crippen molar-refractivity contribution in [2.24, 2.45) is 5.92 Å². The average Bonchev–Trinajstić information content (AvgIpc) is 3.10. The quantitative estimate of drug-likeness (QED) is 0.775. The number of nitrogens with zero attached hydrogens (tertiary/aromatic N) is 4. The number of rotatable bonds is 5. The highest BCUT2D eigenvalue weighted by atomic mass is 16.6. The molecule has 1 aromatic rings. The fraction of sp³-hybridized carbons (Fsp3) is 0.524. The maximum Gasteiger partial charge on any atom is 0.410 e. The van der Waals surface area contributed by atoms with E-state index in [9.17, 15) is 4.79 Å². The van der Waals surface area contributed by atoms with Crippen molar-refractivity contribution < 1.29 is 9.53 Å². The van der Waals surface area contributed by atoms with E-state index in [1.807, 2.05) is 24.0 Å². The van der Waals surface area contributed by atoms with Gasteiger partial charge in [0, 0.05) is 17.8 Å². The van der Waals surface area contributed by atoms with Gasteiger partial charge in [0.1, 0.15) is 18.0 Å². The first kappa shape index (κ1) is 19.9. The van der Waals surface area contributed by atoms with E-state index in [1.54, 1.807) is 0 Å². The van der Waals surface area contributed by atoms with Crippen LogP contribution in [0.2, 0.25) is 0 Å². The number of nitrogens with one attached hydrogen (secondary N) is 1. The van der Waals surface area contributed by atoms with E-state index in [-0.39, 0.29) is 30.0 Å². The molecule has 1 saturated carbocycles. The number of likely N-dealkylation sites (tertiary alicyclic amines) is 1. The summed E-state index contributed by atoms with van der Waals surface area (Å²) in [5.74, 6) is 0.879. The van der Waals surface area contributed by atoms with E-state index < -0.39 is 0 Å². The van der Waals surface area contributed by atoms with Gasteiger partial charge in [-0.2, -0.15) is 5.26 Å². The lowest BCUT2D eigenvalue weighted by Gasteiger charge is -2.44. The molecule has 1 aromatic heterocycles. The molecule has 2 heterocycles. The Kier molecular flexibility index (Phi) is 5.98. The number of amides is 1. The Labute approximate surface area is 166 Å². The van der Waals surface area contributed by atoms with Crippen LogP contribution in [0.5, 0.6) is 0 Å². The van der Waals surface area contributed by atoms with E-state index >= 15 is 0 Å². The Balaban J connectivity index is 1.50. The fourth-order valence-corrected chi connectivity index (χ4v) is 4.05. The molecule has 4 atom stereocenters. The van der Waals surface area contributed by atoms with Crippen molar-refractivity contribution in [2.75, 3.05) is 5.32 Å². The summed E-state index contributed by atoms with van der Waals surface area (Å²) in [6.45, 7) is 10.2. The van der Waals surface area contributed by atoms with Crippen molar-refractivity contribution in [3.05, 3.63) is 42.0 Å². The molecule has 1 aliphatic carbocycles. The van der Waals surface area contributed by atoms with Crippen LogP contribution in [0, 0.1) is 17.2 Å². The van der Waals surface area contributed by atoms with Crippen molar-refractivity contribution in [2.45, 2.75) is 64.6 Å². The van der Waals surface area contributed by atoms with Gasteiger partial charge in [-0.25, -0.2) is 14.8 Å². The molecule has 0 unspecified atom stereocenters. The van der Waals surface area contributed by atoms with Gasteiger partial charge in [-0.15, -0.1) is 0 Å². The van der Waals surface area contributed by atoms with Crippen LogP contribution in [-0.4, -0.2) is 39.1 Å². The van der Waals surface area contributed by atoms with Crippen molar-refractivity contribution in [1.29, 1.82) is 5.26 Å². The molecule has 1 N–H and O–H groups in total. The third kappa shape index (κ3) is 4.50. The Hall–Kier alpha value is -2.88. The Morgan fingerprint density at radius 3 is 2.68 bits per heavy atom. The van der Waals surface area contributed by atoms with Crippen LogP contribution < -0.4 is 5.32 Å². The first-order valence-electron chi connectivity index (χ1n) is 9.72. The molecule has 2 aliphatic rings. The molecule has 0 aromatic carbocycles.